The maximum absolute atomic E-state index is 12.6. The summed E-state index contributed by atoms with van der Waals surface area (Å²) in [5, 5.41) is 2.98. The van der Waals surface area contributed by atoms with Gasteiger partial charge in [0.05, 0.1) is 12.7 Å². The van der Waals surface area contributed by atoms with Crippen LogP contribution in [-0.4, -0.2) is 25.5 Å². The summed E-state index contributed by atoms with van der Waals surface area (Å²) in [5.41, 5.74) is 8.53. The van der Waals surface area contributed by atoms with E-state index in [2.05, 4.69) is 33.0 Å². The quantitative estimate of drug-likeness (QED) is 0.718. The molecule has 0 aliphatic heterocycles. The molecular formula is C22H28N2O4. The fraction of sp³-hybridized carbons (Fsp3) is 0.364. The van der Waals surface area contributed by atoms with Crippen LogP contribution < -0.4 is 20.5 Å². The maximum atomic E-state index is 12.6. The van der Waals surface area contributed by atoms with Crippen LogP contribution in [0.3, 0.4) is 0 Å². The molecule has 0 bridgehead atoms. The highest BCUT2D eigenvalue weighted by atomic mass is 16.5. The number of anilines is 1. The van der Waals surface area contributed by atoms with Crippen LogP contribution in [0, 0.1) is 0 Å². The largest absolute Gasteiger partial charge is 0.497 e. The summed E-state index contributed by atoms with van der Waals surface area (Å²) in [6.07, 6.45) is 0. The lowest BCUT2D eigenvalue weighted by Gasteiger charge is -2.20. The molecule has 0 radical (unpaired) electrons. The van der Waals surface area contributed by atoms with Crippen molar-refractivity contribution in [2.24, 2.45) is 5.73 Å². The molecule has 0 unspecified atom stereocenters. The molecule has 28 heavy (non-hydrogen) atoms. The number of rotatable bonds is 8. The second kappa shape index (κ2) is 9.26. The molecule has 0 aliphatic carbocycles. The first-order chi connectivity index (χ1) is 13.2. The number of carbonyl (C=O) groups is 2. The maximum Gasteiger partial charge on any atom is 0.262 e. The van der Waals surface area contributed by atoms with Gasteiger partial charge in [0, 0.05) is 11.8 Å². The predicted octanol–water partition coefficient (Wildman–Crippen LogP) is 4.06. The fourth-order valence-corrected chi connectivity index (χ4v) is 2.97. The average molecular weight is 384 g/mol. The molecule has 0 aliphatic rings. The molecule has 0 heterocycles. The Morgan fingerprint density at radius 3 is 2.14 bits per heavy atom. The number of amides is 2. The number of ether oxygens (including phenoxy) is 2. The summed E-state index contributed by atoms with van der Waals surface area (Å²) in [6.45, 7) is 8.08. The zero-order valence-electron chi connectivity index (χ0n) is 17.0. The van der Waals surface area contributed by atoms with Crippen molar-refractivity contribution in [1.29, 1.82) is 0 Å². The lowest BCUT2D eigenvalue weighted by molar-refractivity contribution is -0.118. The molecule has 2 amide bonds. The first-order valence-electron chi connectivity index (χ1n) is 9.27. The molecule has 0 aromatic heterocycles. The summed E-state index contributed by atoms with van der Waals surface area (Å²) in [4.78, 5) is 24.2. The predicted molar refractivity (Wildman–Crippen MR) is 110 cm³/mol. The highest BCUT2D eigenvalue weighted by Gasteiger charge is 2.17. The standard InChI is InChI=1S/C22H28N2O4/c1-13(2)16-7-6-8-17(14(3)4)21(16)24-20(25)12-28-19-11-15(27-5)9-10-18(19)22(23)26/h6-11,13-14H,12H2,1-5H3,(H2,23,26)(H,24,25). The molecule has 2 aromatic rings. The summed E-state index contributed by atoms with van der Waals surface area (Å²) < 4.78 is 10.7. The van der Waals surface area contributed by atoms with Gasteiger partial charge in [-0.05, 0) is 35.1 Å². The van der Waals surface area contributed by atoms with Crippen LogP contribution in [0.4, 0.5) is 5.69 Å². The van der Waals surface area contributed by atoms with Crippen molar-refractivity contribution >= 4 is 17.5 Å². The Morgan fingerprint density at radius 1 is 1.04 bits per heavy atom. The Hall–Kier alpha value is -3.02. The molecule has 3 N–H and O–H groups in total. The third kappa shape index (κ3) is 5.03. The monoisotopic (exact) mass is 384 g/mol. The van der Waals surface area contributed by atoms with Crippen molar-refractivity contribution in [3.8, 4) is 11.5 Å². The fourth-order valence-electron chi connectivity index (χ4n) is 2.97. The van der Waals surface area contributed by atoms with Gasteiger partial charge in [-0.25, -0.2) is 0 Å². The van der Waals surface area contributed by atoms with Gasteiger partial charge in [-0.3, -0.25) is 9.59 Å². The number of benzene rings is 2. The summed E-state index contributed by atoms with van der Waals surface area (Å²) in [5.74, 6) is 0.291. The van der Waals surface area contributed by atoms with Crippen LogP contribution in [0.2, 0.25) is 0 Å². The molecule has 0 spiro atoms. The van der Waals surface area contributed by atoms with Crippen molar-refractivity contribution < 1.29 is 19.1 Å². The van der Waals surface area contributed by atoms with Gasteiger partial charge in [-0.2, -0.15) is 0 Å². The second-order valence-electron chi connectivity index (χ2n) is 7.18. The lowest BCUT2D eigenvalue weighted by Crippen LogP contribution is -2.23. The first-order valence-corrected chi connectivity index (χ1v) is 9.27. The topological polar surface area (TPSA) is 90.7 Å². The highest BCUT2D eigenvalue weighted by molar-refractivity contribution is 5.96. The Bertz CT molecular complexity index is 833. The number of hydrogen-bond donors (Lipinski definition) is 2. The molecule has 0 fully saturated rings. The number of primary amides is 1. The van der Waals surface area contributed by atoms with Gasteiger partial charge in [0.1, 0.15) is 11.5 Å². The summed E-state index contributed by atoms with van der Waals surface area (Å²) >= 11 is 0. The summed E-state index contributed by atoms with van der Waals surface area (Å²) in [7, 11) is 1.51. The number of nitrogens with two attached hydrogens (primary N) is 1. The Morgan fingerprint density at radius 2 is 1.64 bits per heavy atom. The van der Waals surface area contributed by atoms with Gasteiger partial charge < -0.3 is 20.5 Å². The van der Waals surface area contributed by atoms with Gasteiger partial charge in [-0.1, -0.05) is 45.9 Å². The zero-order valence-corrected chi connectivity index (χ0v) is 17.0. The Labute approximate surface area is 166 Å². The van der Waals surface area contributed by atoms with Crippen molar-refractivity contribution in [3.05, 3.63) is 53.1 Å². The van der Waals surface area contributed by atoms with E-state index in [-0.39, 0.29) is 35.7 Å². The van der Waals surface area contributed by atoms with Gasteiger partial charge in [0.15, 0.2) is 6.61 Å². The van der Waals surface area contributed by atoms with Gasteiger partial charge >= 0.3 is 0 Å². The molecule has 2 rings (SSSR count). The third-order valence-corrected chi connectivity index (χ3v) is 4.45. The Kier molecular flexibility index (Phi) is 7.04. The van der Waals surface area contributed by atoms with Crippen LogP contribution in [-0.2, 0) is 4.79 Å². The normalized spacial score (nSPS) is 10.8. The SMILES string of the molecule is COc1ccc(C(N)=O)c(OCC(=O)Nc2c(C(C)C)cccc2C(C)C)c1. The van der Waals surface area contributed by atoms with Gasteiger partial charge in [0.2, 0.25) is 0 Å². The Balaban J connectivity index is 2.21. The number of hydrogen-bond acceptors (Lipinski definition) is 4. The number of para-hydroxylation sites is 1. The lowest BCUT2D eigenvalue weighted by atomic mass is 9.92. The smallest absolute Gasteiger partial charge is 0.262 e. The van der Waals surface area contributed by atoms with Gasteiger partial charge in [0.25, 0.3) is 11.8 Å². The van der Waals surface area contributed by atoms with Crippen LogP contribution in [0.25, 0.3) is 0 Å². The van der Waals surface area contributed by atoms with Crippen LogP contribution in [0.1, 0.15) is 61.0 Å². The van der Waals surface area contributed by atoms with E-state index in [1.807, 2.05) is 18.2 Å². The molecule has 6 nitrogen and oxygen atoms in total. The zero-order chi connectivity index (χ0) is 20.8. The minimum atomic E-state index is -0.634. The molecule has 0 saturated carbocycles. The van der Waals surface area contributed by atoms with Crippen molar-refractivity contribution in [2.75, 3.05) is 19.0 Å². The minimum absolute atomic E-state index is 0.194. The van der Waals surface area contributed by atoms with Gasteiger partial charge in [-0.15, -0.1) is 0 Å². The molecular weight excluding hydrogens is 356 g/mol. The van der Waals surface area contributed by atoms with E-state index in [9.17, 15) is 9.59 Å². The molecule has 2 aromatic carbocycles. The molecule has 6 heteroatoms. The molecule has 150 valence electrons. The van der Waals surface area contributed by atoms with Crippen molar-refractivity contribution in [1.82, 2.24) is 0 Å². The van der Waals surface area contributed by atoms with E-state index in [0.29, 0.717) is 5.75 Å². The average Bonchev–Trinajstić information content (AvgIpc) is 2.65. The highest BCUT2D eigenvalue weighted by Crippen LogP contribution is 2.32. The van der Waals surface area contributed by atoms with Crippen LogP contribution in [0.5, 0.6) is 11.5 Å². The number of nitrogens with one attached hydrogen (secondary N) is 1. The van der Waals surface area contributed by atoms with Crippen molar-refractivity contribution in [3.63, 3.8) is 0 Å². The third-order valence-electron chi connectivity index (χ3n) is 4.45. The van der Waals surface area contributed by atoms with Crippen molar-refractivity contribution in [2.45, 2.75) is 39.5 Å². The molecule has 0 saturated heterocycles. The van der Waals surface area contributed by atoms with Crippen LogP contribution >= 0.6 is 0 Å². The van der Waals surface area contributed by atoms with E-state index in [4.69, 9.17) is 15.2 Å². The van der Waals surface area contributed by atoms with E-state index in [1.165, 1.54) is 19.2 Å². The van der Waals surface area contributed by atoms with E-state index < -0.39 is 5.91 Å². The van der Waals surface area contributed by atoms with E-state index in [0.717, 1.165) is 16.8 Å². The number of carbonyl (C=O) groups excluding carboxylic acids is 2. The molecule has 0 atom stereocenters. The number of methoxy groups -OCH3 is 1. The summed E-state index contributed by atoms with van der Waals surface area (Å²) in [6, 6.07) is 10.7. The first kappa shape index (κ1) is 21.3. The van der Waals surface area contributed by atoms with E-state index in [1.54, 1.807) is 6.07 Å². The van der Waals surface area contributed by atoms with E-state index >= 15 is 0 Å². The van der Waals surface area contributed by atoms with Crippen LogP contribution in [0.15, 0.2) is 36.4 Å². The minimum Gasteiger partial charge on any atom is -0.497 e. The second-order valence-corrected chi connectivity index (χ2v) is 7.18.